The third-order valence-electron chi connectivity index (χ3n) is 3.34. The van der Waals surface area contributed by atoms with Gasteiger partial charge in [0.1, 0.15) is 0 Å². The second-order valence-electron chi connectivity index (χ2n) is 4.71. The molecule has 0 aromatic heterocycles. The Morgan fingerprint density at radius 2 is 1.47 bits per heavy atom. The lowest BCUT2D eigenvalue weighted by Gasteiger charge is -2.23. The van der Waals surface area contributed by atoms with Crippen LogP contribution in [0.1, 0.15) is 31.0 Å². The van der Waals surface area contributed by atoms with Gasteiger partial charge in [0.05, 0.1) is 11.8 Å². The van der Waals surface area contributed by atoms with Gasteiger partial charge in [-0.3, -0.25) is 5.01 Å². The van der Waals surface area contributed by atoms with E-state index < -0.39 is 0 Å². The lowest BCUT2D eigenvalue weighted by Crippen LogP contribution is -2.18. The van der Waals surface area contributed by atoms with E-state index in [0.29, 0.717) is 0 Å². The largest absolute Gasteiger partial charge is 0.293 e. The highest BCUT2D eigenvalue weighted by Crippen LogP contribution is 2.18. The van der Waals surface area contributed by atoms with Crippen molar-refractivity contribution in [2.45, 2.75) is 19.9 Å². The minimum atomic E-state index is 0.264. The maximum atomic E-state index is 4.67. The van der Waals surface area contributed by atoms with Gasteiger partial charge >= 0.3 is 0 Å². The van der Waals surface area contributed by atoms with Gasteiger partial charge in [-0.1, -0.05) is 60.7 Å². The molecule has 2 nitrogen and oxygen atoms in total. The molecule has 2 aromatic carbocycles. The van der Waals surface area contributed by atoms with Gasteiger partial charge in [0.15, 0.2) is 0 Å². The van der Waals surface area contributed by atoms with Gasteiger partial charge in [-0.2, -0.15) is 5.10 Å². The number of rotatable bonds is 4. The molecular weight excluding hydrogens is 232 g/mol. The molecule has 1 unspecified atom stereocenters. The number of hydrogen-bond acceptors (Lipinski definition) is 2. The highest BCUT2D eigenvalue weighted by atomic mass is 15.4. The van der Waals surface area contributed by atoms with Gasteiger partial charge in [0.25, 0.3) is 0 Å². The van der Waals surface area contributed by atoms with Crippen LogP contribution in [-0.2, 0) is 0 Å². The summed E-state index contributed by atoms with van der Waals surface area (Å²) >= 11 is 0. The SMILES string of the molecule is C/C(=N\N(C)C(C)c1ccccc1)c1ccccc1. The van der Waals surface area contributed by atoms with Crippen molar-refractivity contribution in [1.29, 1.82) is 0 Å². The Labute approximate surface area is 115 Å². The minimum absolute atomic E-state index is 0.264. The first-order chi connectivity index (χ1) is 9.18. The Balaban J connectivity index is 2.14. The molecule has 2 aromatic rings. The van der Waals surface area contributed by atoms with Crippen LogP contribution in [0.25, 0.3) is 0 Å². The van der Waals surface area contributed by atoms with Crippen molar-refractivity contribution in [3.63, 3.8) is 0 Å². The first kappa shape index (κ1) is 13.3. The van der Waals surface area contributed by atoms with E-state index in [1.807, 2.05) is 43.2 Å². The summed E-state index contributed by atoms with van der Waals surface area (Å²) in [5, 5.41) is 6.69. The predicted octanol–water partition coefficient (Wildman–Crippen LogP) is 4.10. The number of benzene rings is 2. The summed E-state index contributed by atoms with van der Waals surface area (Å²) in [7, 11) is 2.02. The molecule has 0 aliphatic heterocycles. The smallest absolute Gasteiger partial charge is 0.0688 e. The van der Waals surface area contributed by atoms with Gasteiger partial charge in [-0.05, 0) is 25.0 Å². The highest BCUT2D eigenvalue weighted by molar-refractivity contribution is 5.98. The fourth-order valence-corrected chi connectivity index (χ4v) is 2.01. The van der Waals surface area contributed by atoms with E-state index in [1.54, 1.807) is 0 Å². The van der Waals surface area contributed by atoms with Crippen molar-refractivity contribution in [2.24, 2.45) is 5.10 Å². The maximum Gasteiger partial charge on any atom is 0.0688 e. The van der Waals surface area contributed by atoms with Crippen LogP contribution in [0.4, 0.5) is 0 Å². The Hall–Kier alpha value is -2.09. The Kier molecular flexibility index (Phi) is 4.35. The molecule has 0 saturated heterocycles. The molecule has 0 aliphatic rings. The van der Waals surface area contributed by atoms with E-state index in [4.69, 9.17) is 0 Å². The van der Waals surface area contributed by atoms with E-state index >= 15 is 0 Å². The molecule has 0 aliphatic carbocycles. The average Bonchev–Trinajstić information content (AvgIpc) is 2.48. The number of nitrogens with zero attached hydrogens (tertiary/aromatic N) is 2. The van der Waals surface area contributed by atoms with Gasteiger partial charge in [-0.15, -0.1) is 0 Å². The predicted molar refractivity (Wildman–Crippen MR) is 81.3 cm³/mol. The minimum Gasteiger partial charge on any atom is -0.293 e. The topological polar surface area (TPSA) is 15.6 Å². The molecule has 0 amide bonds. The van der Waals surface area contributed by atoms with Crippen molar-refractivity contribution in [1.82, 2.24) is 5.01 Å². The summed E-state index contributed by atoms with van der Waals surface area (Å²) in [5.41, 5.74) is 3.47. The van der Waals surface area contributed by atoms with Crippen LogP contribution in [0.15, 0.2) is 65.8 Å². The van der Waals surface area contributed by atoms with Crippen LogP contribution in [0.3, 0.4) is 0 Å². The Morgan fingerprint density at radius 3 is 2.05 bits per heavy atom. The van der Waals surface area contributed by atoms with Gasteiger partial charge < -0.3 is 0 Å². The first-order valence-electron chi connectivity index (χ1n) is 6.57. The van der Waals surface area contributed by atoms with E-state index in [9.17, 15) is 0 Å². The summed E-state index contributed by atoms with van der Waals surface area (Å²) in [4.78, 5) is 0. The summed E-state index contributed by atoms with van der Waals surface area (Å²) in [5.74, 6) is 0. The van der Waals surface area contributed by atoms with Gasteiger partial charge in [-0.25, -0.2) is 0 Å². The van der Waals surface area contributed by atoms with Crippen LogP contribution < -0.4 is 0 Å². The summed E-state index contributed by atoms with van der Waals surface area (Å²) in [6.07, 6.45) is 0. The normalized spacial score (nSPS) is 13.1. The van der Waals surface area contributed by atoms with Crippen molar-refractivity contribution >= 4 is 5.71 Å². The fourth-order valence-electron chi connectivity index (χ4n) is 2.01. The van der Waals surface area contributed by atoms with E-state index in [2.05, 4.69) is 48.4 Å². The monoisotopic (exact) mass is 252 g/mol. The number of hydrogen-bond donors (Lipinski definition) is 0. The van der Waals surface area contributed by atoms with Crippen LogP contribution in [-0.4, -0.2) is 17.8 Å². The van der Waals surface area contributed by atoms with E-state index in [1.165, 1.54) is 5.56 Å². The molecule has 0 heterocycles. The zero-order valence-corrected chi connectivity index (χ0v) is 11.7. The maximum absolute atomic E-state index is 4.67. The molecule has 2 rings (SSSR count). The zero-order chi connectivity index (χ0) is 13.7. The number of hydrazone groups is 1. The Bertz CT molecular complexity index is 532. The molecule has 0 spiro atoms. The average molecular weight is 252 g/mol. The molecule has 0 bridgehead atoms. The molecule has 98 valence electrons. The quantitative estimate of drug-likeness (QED) is 0.591. The second kappa shape index (κ2) is 6.19. The van der Waals surface area contributed by atoms with Crippen LogP contribution in [0.2, 0.25) is 0 Å². The molecule has 2 heteroatoms. The van der Waals surface area contributed by atoms with E-state index in [-0.39, 0.29) is 6.04 Å². The second-order valence-corrected chi connectivity index (χ2v) is 4.71. The molecule has 0 saturated carbocycles. The Morgan fingerprint density at radius 1 is 0.947 bits per heavy atom. The third kappa shape index (κ3) is 3.44. The standard InChI is InChI=1S/C17H20N2/c1-14(16-10-6-4-7-11-16)18-19(3)15(2)17-12-8-5-9-13-17/h4-13,15H,1-3H3/b18-14+. The van der Waals surface area contributed by atoms with Crippen LogP contribution >= 0.6 is 0 Å². The van der Waals surface area contributed by atoms with Crippen molar-refractivity contribution < 1.29 is 0 Å². The first-order valence-corrected chi connectivity index (χ1v) is 6.57. The third-order valence-corrected chi connectivity index (χ3v) is 3.34. The summed E-state index contributed by atoms with van der Waals surface area (Å²) in [6.45, 7) is 4.21. The highest BCUT2D eigenvalue weighted by Gasteiger charge is 2.09. The van der Waals surface area contributed by atoms with Gasteiger partial charge in [0, 0.05) is 7.05 Å². The molecular formula is C17H20N2. The molecule has 19 heavy (non-hydrogen) atoms. The summed E-state index contributed by atoms with van der Waals surface area (Å²) < 4.78 is 0. The lowest BCUT2D eigenvalue weighted by atomic mass is 10.1. The molecule has 0 fully saturated rings. The summed E-state index contributed by atoms with van der Waals surface area (Å²) in [6, 6.07) is 21.0. The molecule has 0 N–H and O–H groups in total. The van der Waals surface area contributed by atoms with Crippen molar-refractivity contribution in [2.75, 3.05) is 7.05 Å². The van der Waals surface area contributed by atoms with Crippen molar-refractivity contribution in [3.8, 4) is 0 Å². The zero-order valence-electron chi connectivity index (χ0n) is 11.7. The fraction of sp³-hybridized carbons (Fsp3) is 0.235. The van der Waals surface area contributed by atoms with E-state index in [0.717, 1.165) is 11.3 Å². The molecule has 0 radical (unpaired) electrons. The van der Waals surface area contributed by atoms with Crippen molar-refractivity contribution in [3.05, 3.63) is 71.8 Å². The van der Waals surface area contributed by atoms with Gasteiger partial charge in [0.2, 0.25) is 0 Å². The van der Waals surface area contributed by atoms with Crippen LogP contribution in [0.5, 0.6) is 0 Å². The molecule has 1 atom stereocenters. The lowest BCUT2D eigenvalue weighted by molar-refractivity contribution is 0.275. The van der Waals surface area contributed by atoms with Crippen LogP contribution in [0, 0.1) is 0 Å².